The van der Waals surface area contributed by atoms with Crippen molar-refractivity contribution in [3.63, 3.8) is 0 Å². The largest absolute Gasteiger partial charge is 0.381 e. The molecule has 0 radical (unpaired) electrons. The van der Waals surface area contributed by atoms with Crippen molar-refractivity contribution in [1.29, 1.82) is 0 Å². The molecule has 0 spiro atoms. The molecule has 2 N–H and O–H groups in total. The first kappa shape index (κ1) is 26.0. The Kier molecular flexibility index (Phi) is 12.0. The second kappa shape index (κ2) is 13.3. The molecule has 0 bridgehead atoms. The van der Waals surface area contributed by atoms with Crippen molar-refractivity contribution in [2.24, 2.45) is 4.99 Å². The lowest BCUT2D eigenvalue weighted by Crippen LogP contribution is -2.41. The summed E-state index contributed by atoms with van der Waals surface area (Å²) in [6.45, 7) is 6.10. The Labute approximate surface area is 196 Å². The van der Waals surface area contributed by atoms with E-state index in [1.54, 1.807) is 19.0 Å². The highest BCUT2D eigenvalue weighted by Crippen LogP contribution is 2.33. The van der Waals surface area contributed by atoms with Crippen LogP contribution in [0, 0.1) is 0 Å². The van der Waals surface area contributed by atoms with Gasteiger partial charge in [-0.3, -0.25) is 9.79 Å². The number of amides is 1. The molecule has 1 aromatic rings. The zero-order valence-corrected chi connectivity index (χ0v) is 21.1. The fraction of sp³-hybridized carbons (Fsp3) is 0.619. The molecule has 8 heteroatoms. The van der Waals surface area contributed by atoms with Gasteiger partial charge in [0.15, 0.2) is 5.96 Å². The number of thioether (sulfide) groups is 1. The van der Waals surface area contributed by atoms with Crippen LogP contribution in [0.25, 0.3) is 0 Å². The molecule has 1 heterocycles. The van der Waals surface area contributed by atoms with Gasteiger partial charge in [0.05, 0.1) is 6.54 Å². The van der Waals surface area contributed by atoms with Crippen LogP contribution in [0.4, 0.5) is 0 Å². The van der Waals surface area contributed by atoms with Gasteiger partial charge in [0.25, 0.3) is 5.91 Å². The Morgan fingerprint density at radius 1 is 1.28 bits per heavy atom. The molecular weight excluding hydrogens is 499 g/mol. The molecule has 1 amide bonds. The first-order chi connectivity index (χ1) is 13.5. The van der Waals surface area contributed by atoms with Gasteiger partial charge in [-0.2, -0.15) is 11.8 Å². The lowest BCUT2D eigenvalue weighted by Gasteiger charge is -2.34. The fourth-order valence-electron chi connectivity index (χ4n) is 3.18. The van der Waals surface area contributed by atoms with E-state index < -0.39 is 0 Å². The van der Waals surface area contributed by atoms with Gasteiger partial charge in [-0.15, -0.1) is 24.0 Å². The molecule has 29 heavy (non-hydrogen) atoms. The number of rotatable bonds is 8. The SMILES string of the molecule is CCNC(=NCC1(SC)CCOCC1)NCCc1cccc(C(=O)N(C)C)c1.I. The zero-order chi connectivity index (χ0) is 20.4. The summed E-state index contributed by atoms with van der Waals surface area (Å²) in [4.78, 5) is 18.6. The molecule has 1 fully saturated rings. The van der Waals surface area contributed by atoms with Crippen molar-refractivity contribution in [2.45, 2.75) is 30.9 Å². The molecule has 164 valence electrons. The van der Waals surface area contributed by atoms with Gasteiger partial charge in [0.1, 0.15) is 0 Å². The summed E-state index contributed by atoms with van der Waals surface area (Å²) < 4.78 is 5.70. The van der Waals surface area contributed by atoms with Crippen LogP contribution in [0.3, 0.4) is 0 Å². The zero-order valence-electron chi connectivity index (χ0n) is 18.0. The molecule has 1 aliphatic rings. The van der Waals surface area contributed by atoms with Crippen molar-refractivity contribution >= 4 is 47.6 Å². The van der Waals surface area contributed by atoms with Crippen LogP contribution in [0.2, 0.25) is 0 Å². The maximum Gasteiger partial charge on any atom is 0.253 e. The molecule has 0 atom stereocenters. The minimum absolute atomic E-state index is 0. The number of ether oxygens (including phenoxy) is 1. The average molecular weight is 535 g/mol. The number of carbonyl (C=O) groups excluding carboxylic acids is 1. The third-order valence-corrected chi connectivity index (χ3v) is 6.40. The molecule has 1 aromatic carbocycles. The molecule has 0 saturated carbocycles. The average Bonchev–Trinajstić information content (AvgIpc) is 2.72. The van der Waals surface area contributed by atoms with Crippen LogP contribution >= 0.6 is 35.7 Å². The number of aliphatic imine (C=N–C) groups is 1. The van der Waals surface area contributed by atoms with Crippen LogP contribution in [0.5, 0.6) is 0 Å². The summed E-state index contributed by atoms with van der Waals surface area (Å²) in [5.41, 5.74) is 1.87. The quantitative estimate of drug-likeness (QED) is 0.305. The van der Waals surface area contributed by atoms with E-state index in [2.05, 4.69) is 29.9 Å². The standard InChI is InChI=1S/C21H34N4O2S.HI/c1-5-22-20(24-16-21(28-4)10-13-27-14-11-21)23-12-9-17-7-6-8-18(15-17)19(26)25(2)3;/h6-8,15H,5,9-14,16H2,1-4H3,(H2,22,23,24);1H. The number of carbonyl (C=O) groups is 1. The summed E-state index contributed by atoms with van der Waals surface area (Å²) in [7, 11) is 3.55. The smallest absolute Gasteiger partial charge is 0.253 e. The van der Waals surface area contributed by atoms with Crippen LogP contribution in [-0.4, -0.2) is 74.7 Å². The van der Waals surface area contributed by atoms with Gasteiger partial charge in [0.2, 0.25) is 0 Å². The number of benzene rings is 1. The van der Waals surface area contributed by atoms with Gasteiger partial charge < -0.3 is 20.3 Å². The second-order valence-corrected chi connectivity index (χ2v) is 8.55. The van der Waals surface area contributed by atoms with Gasteiger partial charge >= 0.3 is 0 Å². The van der Waals surface area contributed by atoms with E-state index in [4.69, 9.17) is 9.73 Å². The lowest BCUT2D eigenvalue weighted by molar-refractivity contribution is 0.0794. The van der Waals surface area contributed by atoms with Crippen molar-refractivity contribution in [3.8, 4) is 0 Å². The normalized spacial score (nSPS) is 15.9. The number of hydrogen-bond acceptors (Lipinski definition) is 4. The highest BCUT2D eigenvalue weighted by Gasteiger charge is 2.31. The van der Waals surface area contributed by atoms with Crippen molar-refractivity contribution in [3.05, 3.63) is 35.4 Å². The maximum atomic E-state index is 12.1. The predicted octanol–water partition coefficient (Wildman–Crippen LogP) is 3.02. The van der Waals surface area contributed by atoms with E-state index in [-0.39, 0.29) is 34.6 Å². The topological polar surface area (TPSA) is 66.0 Å². The number of nitrogens with zero attached hydrogens (tertiary/aromatic N) is 2. The van der Waals surface area contributed by atoms with Gasteiger partial charge in [-0.25, -0.2) is 0 Å². The Balaban J connectivity index is 0.00000420. The minimum atomic E-state index is 0. The maximum absolute atomic E-state index is 12.1. The summed E-state index contributed by atoms with van der Waals surface area (Å²) in [5.74, 6) is 0.881. The number of halogens is 1. The van der Waals surface area contributed by atoms with Crippen molar-refractivity contribution < 1.29 is 9.53 Å². The Bertz CT molecular complexity index is 664. The Hall–Kier alpha value is -1.00. The van der Waals surface area contributed by atoms with Crippen molar-refractivity contribution in [1.82, 2.24) is 15.5 Å². The summed E-state index contributed by atoms with van der Waals surface area (Å²) >= 11 is 1.90. The van der Waals surface area contributed by atoms with Crippen LogP contribution in [-0.2, 0) is 11.2 Å². The van der Waals surface area contributed by atoms with Crippen LogP contribution in [0.15, 0.2) is 29.3 Å². The molecule has 0 aliphatic carbocycles. The highest BCUT2D eigenvalue weighted by molar-refractivity contribution is 14.0. The summed E-state index contributed by atoms with van der Waals surface area (Å²) in [5, 5.41) is 6.76. The Morgan fingerprint density at radius 3 is 2.62 bits per heavy atom. The molecular formula is C21H35IN4O2S. The van der Waals surface area contributed by atoms with E-state index >= 15 is 0 Å². The minimum Gasteiger partial charge on any atom is -0.381 e. The van der Waals surface area contributed by atoms with Gasteiger partial charge in [0, 0.05) is 50.7 Å². The second-order valence-electron chi connectivity index (χ2n) is 7.27. The molecule has 0 unspecified atom stereocenters. The highest BCUT2D eigenvalue weighted by atomic mass is 127. The lowest BCUT2D eigenvalue weighted by atomic mass is 9.99. The van der Waals surface area contributed by atoms with E-state index in [1.165, 1.54) is 0 Å². The first-order valence-electron chi connectivity index (χ1n) is 9.95. The third kappa shape index (κ3) is 8.33. The fourth-order valence-corrected chi connectivity index (χ4v) is 3.95. The van der Waals surface area contributed by atoms with Crippen molar-refractivity contribution in [2.75, 3.05) is 53.2 Å². The molecule has 0 aromatic heterocycles. The number of hydrogen-bond donors (Lipinski definition) is 2. The summed E-state index contributed by atoms with van der Waals surface area (Å²) in [6.07, 6.45) is 5.09. The van der Waals surface area contributed by atoms with Crippen LogP contribution < -0.4 is 10.6 Å². The monoisotopic (exact) mass is 534 g/mol. The van der Waals surface area contributed by atoms with Gasteiger partial charge in [-0.05, 0) is 50.1 Å². The number of nitrogens with one attached hydrogen (secondary N) is 2. The molecule has 2 rings (SSSR count). The predicted molar refractivity (Wildman–Crippen MR) is 134 cm³/mol. The number of guanidine groups is 1. The summed E-state index contributed by atoms with van der Waals surface area (Å²) in [6, 6.07) is 7.83. The van der Waals surface area contributed by atoms with E-state index in [1.807, 2.05) is 30.0 Å². The van der Waals surface area contributed by atoms with Crippen LogP contribution in [0.1, 0.15) is 35.7 Å². The Morgan fingerprint density at radius 2 is 2.00 bits per heavy atom. The molecule has 1 aliphatic heterocycles. The van der Waals surface area contributed by atoms with Gasteiger partial charge in [-0.1, -0.05) is 12.1 Å². The van der Waals surface area contributed by atoms with E-state index in [0.717, 1.165) is 69.2 Å². The molecule has 1 saturated heterocycles. The van der Waals surface area contributed by atoms with E-state index in [0.29, 0.717) is 0 Å². The first-order valence-corrected chi connectivity index (χ1v) is 11.2. The van der Waals surface area contributed by atoms with E-state index in [9.17, 15) is 4.79 Å². The third-order valence-electron chi connectivity index (χ3n) is 4.99. The molecule has 6 nitrogen and oxygen atoms in total.